The van der Waals surface area contributed by atoms with Crippen LogP contribution in [0.1, 0.15) is 52.4 Å². The average molecular weight is 238 g/mol. The second-order valence-electron chi connectivity index (χ2n) is 7.15. The minimum Gasteiger partial charge on any atom is -0.306 e. The van der Waals surface area contributed by atoms with Crippen LogP contribution in [0.15, 0.2) is 0 Å². The molecular formula is C15H30N2. The van der Waals surface area contributed by atoms with Crippen LogP contribution < -0.4 is 0 Å². The lowest BCUT2D eigenvalue weighted by Gasteiger charge is -2.44. The van der Waals surface area contributed by atoms with Crippen LogP contribution in [0.25, 0.3) is 0 Å². The number of hydrogen-bond donors (Lipinski definition) is 0. The van der Waals surface area contributed by atoms with Gasteiger partial charge in [-0.3, -0.25) is 0 Å². The Bertz CT molecular complexity index is 239. The summed E-state index contributed by atoms with van der Waals surface area (Å²) in [6.45, 7) is 7.55. The van der Waals surface area contributed by atoms with Gasteiger partial charge >= 0.3 is 0 Å². The summed E-state index contributed by atoms with van der Waals surface area (Å²) >= 11 is 0. The molecule has 0 aromatic rings. The van der Waals surface area contributed by atoms with Crippen molar-refractivity contribution in [3.05, 3.63) is 0 Å². The molecule has 2 fully saturated rings. The lowest BCUT2D eigenvalue weighted by molar-refractivity contribution is 0.0566. The maximum Gasteiger partial charge on any atom is 0.0113 e. The second kappa shape index (κ2) is 5.27. The van der Waals surface area contributed by atoms with Gasteiger partial charge in [-0.05, 0) is 64.7 Å². The summed E-state index contributed by atoms with van der Waals surface area (Å²) in [5.41, 5.74) is 0.585. The van der Waals surface area contributed by atoms with E-state index in [1.54, 1.807) is 0 Å². The van der Waals surface area contributed by atoms with Crippen molar-refractivity contribution in [3.63, 3.8) is 0 Å². The molecule has 1 heterocycles. The van der Waals surface area contributed by atoms with Crippen LogP contribution in [-0.4, -0.2) is 49.1 Å². The van der Waals surface area contributed by atoms with E-state index in [-0.39, 0.29) is 0 Å². The minimum absolute atomic E-state index is 0.585. The van der Waals surface area contributed by atoms with Gasteiger partial charge in [-0.2, -0.15) is 0 Å². The standard InChI is InChI=1S/C15H30N2/c1-15(2)9-5-6-14(12-15)17-10-7-13(8-11-17)16(3)4/h13-14H,5-12H2,1-4H3. The van der Waals surface area contributed by atoms with Crippen molar-refractivity contribution in [2.24, 2.45) is 5.41 Å². The average Bonchev–Trinajstić information content (AvgIpc) is 2.28. The normalized spacial score (nSPS) is 31.9. The third-order valence-corrected chi connectivity index (χ3v) is 4.92. The zero-order valence-electron chi connectivity index (χ0n) is 12.2. The van der Waals surface area contributed by atoms with E-state index >= 15 is 0 Å². The van der Waals surface area contributed by atoms with E-state index in [2.05, 4.69) is 37.7 Å². The molecule has 2 nitrogen and oxygen atoms in total. The molecule has 0 N–H and O–H groups in total. The lowest BCUT2D eigenvalue weighted by Crippen LogP contribution is -2.48. The SMILES string of the molecule is CN(C)C1CCN(C2CCCC(C)(C)C2)CC1. The molecule has 17 heavy (non-hydrogen) atoms. The van der Waals surface area contributed by atoms with Crippen molar-refractivity contribution in [2.45, 2.75) is 64.5 Å². The molecule has 0 bridgehead atoms. The first kappa shape index (κ1) is 13.4. The summed E-state index contributed by atoms with van der Waals surface area (Å²) in [6, 6.07) is 1.70. The molecule has 1 saturated heterocycles. The van der Waals surface area contributed by atoms with Crippen molar-refractivity contribution < 1.29 is 0 Å². The fraction of sp³-hybridized carbons (Fsp3) is 1.00. The van der Waals surface area contributed by atoms with E-state index < -0.39 is 0 Å². The highest BCUT2D eigenvalue weighted by molar-refractivity contribution is 4.88. The van der Waals surface area contributed by atoms with E-state index in [0.717, 1.165) is 12.1 Å². The summed E-state index contributed by atoms with van der Waals surface area (Å²) in [6.07, 6.45) is 8.45. The Kier molecular flexibility index (Phi) is 4.14. The summed E-state index contributed by atoms with van der Waals surface area (Å²) in [7, 11) is 4.45. The molecule has 0 radical (unpaired) electrons. The largest absolute Gasteiger partial charge is 0.306 e. The Balaban J connectivity index is 1.84. The fourth-order valence-electron chi connectivity index (χ4n) is 3.74. The van der Waals surface area contributed by atoms with Crippen molar-refractivity contribution >= 4 is 0 Å². The highest BCUT2D eigenvalue weighted by Crippen LogP contribution is 2.38. The van der Waals surface area contributed by atoms with Crippen LogP contribution in [0, 0.1) is 5.41 Å². The van der Waals surface area contributed by atoms with Gasteiger partial charge in [0.05, 0.1) is 0 Å². The minimum atomic E-state index is 0.585. The van der Waals surface area contributed by atoms with E-state index in [4.69, 9.17) is 0 Å². The zero-order chi connectivity index (χ0) is 12.5. The molecule has 1 aliphatic carbocycles. The number of rotatable bonds is 2. The predicted octanol–water partition coefficient (Wildman–Crippen LogP) is 2.98. The number of hydrogen-bond acceptors (Lipinski definition) is 2. The van der Waals surface area contributed by atoms with Gasteiger partial charge in [0.2, 0.25) is 0 Å². The third-order valence-electron chi connectivity index (χ3n) is 4.92. The second-order valence-corrected chi connectivity index (χ2v) is 7.15. The van der Waals surface area contributed by atoms with Crippen molar-refractivity contribution in [3.8, 4) is 0 Å². The Morgan fingerprint density at radius 3 is 2.24 bits per heavy atom. The van der Waals surface area contributed by atoms with Gasteiger partial charge in [0, 0.05) is 12.1 Å². The topological polar surface area (TPSA) is 6.48 Å². The molecule has 0 spiro atoms. The van der Waals surface area contributed by atoms with Gasteiger partial charge < -0.3 is 9.80 Å². The van der Waals surface area contributed by atoms with Crippen LogP contribution in [0.2, 0.25) is 0 Å². The van der Waals surface area contributed by atoms with E-state index in [0.29, 0.717) is 5.41 Å². The van der Waals surface area contributed by atoms with Crippen molar-refractivity contribution in [1.82, 2.24) is 9.80 Å². The maximum absolute atomic E-state index is 2.78. The highest BCUT2D eigenvalue weighted by atomic mass is 15.2. The molecule has 0 amide bonds. The quantitative estimate of drug-likeness (QED) is 0.730. The van der Waals surface area contributed by atoms with Crippen LogP contribution in [0.5, 0.6) is 0 Å². The van der Waals surface area contributed by atoms with Crippen LogP contribution in [0.4, 0.5) is 0 Å². The van der Waals surface area contributed by atoms with Gasteiger partial charge in [-0.1, -0.05) is 20.3 Å². The molecular weight excluding hydrogens is 208 g/mol. The van der Waals surface area contributed by atoms with Crippen molar-refractivity contribution in [2.75, 3.05) is 27.2 Å². The van der Waals surface area contributed by atoms with Gasteiger partial charge in [-0.15, -0.1) is 0 Å². The fourth-order valence-corrected chi connectivity index (χ4v) is 3.74. The predicted molar refractivity (Wildman–Crippen MR) is 74.3 cm³/mol. The first-order valence-electron chi connectivity index (χ1n) is 7.38. The van der Waals surface area contributed by atoms with Gasteiger partial charge in [0.1, 0.15) is 0 Å². The number of likely N-dealkylation sites (tertiary alicyclic amines) is 1. The Hall–Kier alpha value is -0.0800. The highest BCUT2D eigenvalue weighted by Gasteiger charge is 2.33. The van der Waals surface area contributed by atoms with E-state index in [1.165, 1.54) is 51.6 Å². The van der Waals surface area contributed by atoms with E-state index in [1.807, 2.05) is 0 Å². The molecule has 2 aliphatic rings. The first-order valence-corrected chi connectivity index (χ1v) is 7.38. The third kappa shape index (κ3) is 3.45. The van der Waals surface area contributed by atoms with Gasteiger partial charge in [0.25, 0.3) is 0 Å². The van der Waals surface area contributed by atoms with E-state index in [9.17, 15) is 0 Å². The van der Waals surface area contributed by atoms with Crippen LogP contribution >= 0.6 is 0 Å². The van der Waals surface area contributed by atoms with Gasteiger partial charge in [-0.25, -0.2) is 0 Å². The molecule has 0 aromatic carbocycles. The molecule has 100 valence electrons. The summed E-state index contributed by atoms with van der Waals surface area (Å²) in [5, 5.41) is 0. The van der Waals surface area contributed by atoms with Crippen LogP contribution in [-0.2, 0) is 0 Å². The zero-order valence-corrected chi connectivity index (χ0v) is 12.2. The Morgan fingerprint density at radius 2 is 1.71 bits per heavy atom. The maximum atomic E-state index is 2.78. The molecule has 1 unspecified atom stereocenters. The van der Waals surface area contributed by atoms with Crippen molar-refractivity contribution in [1.29, 1.82) is 0 Å². The Morgan fingerprint density at radius 1 is 1.06 bits per heavy atom. The molecule has 1 atom stereocenters. The molecule has 2 heteroatoms. The summed E-state index contributed by atoms with van der Waals surface area (Å²) < 4.78 is 0. The first-order chi connectivity index (χ1) is 7.98. The smallest absolute Gasteiger partial charge is 0.0113 e. The number of nitrogens with zero attached hydrogens (tertiary/aromatic N) is 2. The summed E-state index contributed by atoms with van der Waals surface area (Å²) in [5.74, 6) is 0. The monoisotopic (exact) mass is 238 g/mol. The van der Waals surface area contributed by atoms with Crippen LogP contribution in [0.3, 0.4) is 0 Å². The Labute approximate surface area is 107 Å². The lowest BCUT2D eigenvalue weighted by atomic mass is 9.74. The number of piperidine rings is 1. The molecule has 0 aromatic heterocycles. The molecule has 2 rings (SSSR count). The summed E-state index contributed by atoms with van der Waals surface area (Å²) in [4.78, 5) is 5.18. The molecule has 1 saturated carbocycles. The van der Waals surface area contributed by atoms with Gasteiger partial charge in [0.15, 0.2) is 0 Å². The molecule has 1 aliphatic heterocycles.